The highest BCUT2D eigenvalue weighted by Gasteiger charge is 2.20. The average Bonchev–Trinajstić information content (AvgIpc) is 2.43. The Kier molecular flexibility index (Phi) is 5.92. The second-order valence-corrected chi connectivity index (χ2v) is 5.68. The maximum Gasteiger partial charge on any atom is 0.315 e. The van der Waals surface area contributed by atoms with Crippen LogP contribution in [0.15, 0.2) is 0 Å². The summed E-state index contributed by atoms with van der Waals surface area (Å²) in [5.74, 6) is 0. The van der Waals surface area contributed by atoms with Gasteiger partial charge in [-0.3, -0.25) is 0 Å². The first kappa shape index (κ1) is 14.6. The van der Waals surface area contributed by atoms with Gasteiger partial charge < -0.3 is 20.5 Å². The molecule has 0 aromatic carbocycles. The van der Waals surface area contributed by atoms with Gasteiger partial charge >= 0.3 is 6.03 Å². The maximum absolute atomic E-state index is 11.7. The minimum atomic E-state index is -0.176. The standard InChI is InChI=1S/C14H26N2O3/c17-12-6-4-11(5-7-12)16-14(18)15-9-8-13-3-1-2-10-19-13/h11-13,17H,1-10H2,(H2,15,16,18). The molecule has 0 bridgehead atoms. The van der Waals surface area contributed by atoms with Crippen molar-refractivity contribution in [3.8, 4) is 0 Å². The van der Waals surface area contributed by atoms with Crippen molar-refractivity contribution in [3.05, 3.63) is 0 Å². The first-order valence-corrected chi connectivity index (χ1v) is 7.58. The van der Waals surface area contributed by atoms with Crippen molar-refractivity contribution in [1.82, 2.24) is 10.6 Å². The minimum Gasteiger partial charge on any atom is -0.393 e. The molecule has 2 rings (SSSR count). The molecule has 1 unspecified atom stereocenters. The van der Waals surface area contributed by atoms with E-state index in [9.17, 15) is 9.90 Å². The number of hydrogen-bond donors (Lipinski definition) is 3. The number of amides is 2. The van der Waals surface area contributed by atoms with Crippen LogP contribution in [0.3, 0.4) is 0 Å². The molecule has 0 radical (unpaired) electrons. The van der Waals surface area contributed by atoms with Gasteiger partial charge in [0, 0.05) is 19.2 Å². The number of carbonyl (C=O) groups excluding carboxylic acids is 1. The molecule has 0 aromatic rings. The topological polar surface area (TPSA) is 70.6 Å². The van der Waals surface area contributed by atoms with Crippen molar-refractivity contribution in [1.29, 1.82) is 0 Å². The van der Waals surface area contributed by atoms with E-state index >= 15 is 0 Å². The van der Waals surface area contributed by atoms with E-state index in [1.54, 1.807) is 0 Å². The van der Waals surface area contributed by atoms with Gasteiger partial charge in [-0.1, -0.05) is 0 Å². The first-order chi connectivity index (χ1) is 9.24. The van der Waals surface area contributed by atoms with Crippen molar-refractivity contribution in [2.45, 2.75) is 69.6 Å². The summed E-state index contributed by atoms with van der Waals surface area (Å²) in [5, 5.41) is 15.3. The molecule has 1 aliphatic heterocycles. The summed E-state index contributed by atoms with van der Waals surface area (Å²) < 4.78 is 5.62. The molecule has 0 aromatic heterocycles. The highest BCUT2D eigenvalue weighted by atomic mass is 16.5. The van der Waals surface area contributed by atoms with Crippen molar-refractivity contribution >= 4 is 6.03 Å². The van der Waals surface area contributed by atoms with Crippen LogP contribution in [0.1, 0.15) is 51.4 Å². The largest absolute Gasteiger partial charge is 0.393 e. The zero-order valence-electron chi connectivity index (χ0n) is 11.6. The van der Waals surface area contributed by atoms with E-state index in [4.69, 9.17) is 4.74 Å². The fourth-order valence-corrected chi connectivity index (χ4v) is 2.84. The third kappa shape index (κ3) is 5.37. The number of urea groups is 1. The van der Waals surface area contributed by atoms with Crippen LogP contribution in [-0.2, 0) is 4.74 Å². The highest BCUT2D eigenvalue weighted by molar-refractivity contribution is 5.74. The van der Waals surface area contributed by atoms with Crippen LogP contribution >= 0.6 is 0 Å². The fourth-order valence-electron chi connectivity index (χ4n) is 2.84. The summed E-state index contributed by atoms with van der Waals surface area (Å²) in [4.78, 5) is 11.7. The SMILES string of the molecule is O=C(NCCC1CCCCO1)NC1CCC(O)CC1. The van der Waals surface area contributed by atoms with E-state index < -0.39 is 0 Å². The average molecular weight is 270 g/mol. The smallest absolute Gasteiger partial charge is 0.315 e. The normalized spacial score (nSPS) is 31.7. The van der Waals surface area contributed by atoms with E-state index in [-0.39, 0.29) is 18.2 Å². The van der Waals surface area contributed by atoms with Crippen LogP contribution in [0.4, 0.5) is 4.79 Å². The van der Waals surface area contributed by atoms with Crippen molar-refractivity contribution < 1.29 is 14.6 Å². The highest BCUT2D eigenvalue weighted by Crippen LogP contribution is 2.18. The maximum atomic E-state index is 11.7. The Morgan fingerprint density at radius 1 is 1.16 bits per heavy atom. The second kappa shape index (κ2) is 7.70. The number of aliphatic hydroxyl groups excluding tert-OH is 1. The predicted molar refractivity (Wildman–Crippen MR) is 73.0 cm³/mol. The first-order valence-electron chi connectivity index (χ1n) is 7.58. The Bertz CT molecular complexity index is 272. The van der Waals surface area contributed by atoms with Crippen LogP contribution in [0.2, 0.25) is 0 Å². The molecule has 1 saturated carbocycles. The van der Waals surface area contributed by atoms with E-state index in [0.29, 0.717) is 12.6 Å². The molecule has 5 heteroatoms. The summed E-state index contributed by atoms with van der Waals surface area (Å²) in [5.41, 5.74) is 0. The number of ether oxygens (including phenoxy) is 1. The molecule has 1 atom stereocenters. The summed E-state index contributed by atoms with van der Waals surface area (Å²) in [7, 11) is 0. The Labute approximate surface area is 115 Å². The van der Waals surface area contributed by atoms with E-state index in [1.165, 1.54) is 6.42 Å². The number of carbonyl (C=O) groups is 1. The second-order valence-electron chi connectivity index (χ2n) is 5.68. The lowest BCUT2D eigenvalue weighted by molar-refractivity contribution is 0.0119. The lowest BCUT2D eigenvalue weighted by Gasteiger charge is -2.26. The molecule has 1 aliphatic carbocycles. The molecule has 3 N–H and O–H groups in total. The molecule has 2 fully saturated rings. The number of nitrogens with one attached hydrogen (secondary N) is 2. The monoisotopic (exact) mass is 270 g/mol. The molecular weight excluding hydrogens is 244 g/mol. The van der Waals surface area contributed by atoms with Gasteiger partial charge in [0.05, 0.1) is 12.2 Å². The minimum absolute atomic E-state index is 0.0859. The predicted octanol–water partition coefficient (Wildman–Crippen LogP) is 1.55. The van der Waals surface area contributed by atoms with Crippen molar-refractivity contribution in [2.75, 3.05) is 13.2 Å². The number of aliphatic hydroxyl groups is 1. The van der Waals surface area contributed by atoms with Crippen LogP contribution in [-0.4, -0.2) is 42.5 Å². The third-order valence-electron chi connectivity index (χ3n) is 4.06. The Morgan fingerprint density at radius 2 is 1.95 bits per heavy atom. The van der Waals surface area contributed by atoms with Gasteiger partial charge in [-0.05, 0) is 51.4 Å². The molecule has 19 heavy (non-hydrogen) atoms. The molecule has 0 spiro atoms. The lowest BCUT2D eigenvalue weighted by Crippen LogP contribution is -2.44. The molecule has 2 amide bonds. The Morgan fingerprint density at radius 3 is 2.63 bits per heavy atom. The molecule has 2 aliphatic rings. The molecule has 5 nitrogen and oxygen atoms in total. The Balaban J connectivity index is 1.54. The zero-order valence-corrected chi connectivity index (χ0v) is 11.6. The van der Waals surface area contributed by atoms with Gasteiger partial charge in [0.15, 0.2) is 0 Å². The molecular formula is C14H26N2O3. The van der Waals surface area contributed by atoms with E-state index in [1.807, 2.05) is 0 Å². The van der Waals surface area contributed by atoms with Gasteiger partial charge in [-0.25, -0.2) is 4.79 Å². The van der Waals surface area contributed by atoms with Crippen LogP contribution in [0, 0.1) is 0 Å². The van der Waals surface area contributed by atoms with Crippen molar-refractivity contribution in [3.63, 3.8) is 0 Å². The van der Waals surface area contributed by atoms with Gasteiger partial charge in [0.2, 0.25) is 0 Å². The van der Waals surface area contributed by atoms with Gasteiger partial charge in [0.1, 0.15) is 0 Å². The van der Waals surface area contributed by atoms with Gasteiger partial charge in [0.25, 0.3) is 0 Å². The van der Waals surface area contributed by atoms with Crippen LogP contribution in [0.5, 0.6) is 0 Å². The zero-order chi connectivity index (χ0) is 13.5. The molecule has 1 saturated heterocycles. The summed E-state index contributed by atoms with van der Waals surface area (Å²) in [6.45, 7) is 1.53. The van der Waals surface area contributed by atoms with Crippen LogP contribution in [0.25, 0.3) is 0 Å². The van der Waals surface area contributed by atoms with E-state index in [2.05, 4.69) is 10.6 Å². The number of hydrogen-bond acceptors (Lipinski definition) is 3. The van der Waals surface area contributed by atoms with Gasteiger partial charge in [-0.15, -0.1) is 0 Å². The summed E-state index contributed by atoms with van der Waals surface area (Å²) in [6, 6.07) is 0.131. The van der Waals surface area contributed by atoms with E-state index in [0.717, 1.165) is 51.6 Å². The quantitative estimate of drug-likeness (QED) is 0.726. The summed E-state index contributed by atoms with van der Waals surface area (Å²) >= 11 is 0. The Hall–Kier alpha value is -0.810. The van der Waals surface area contributed by atoms with Crippen molar-refractivity contribution in [2.24, 2.45) is 0 Å². The lowest BCUT2D eigenvalue weighted by atomic mass is 9.93. The molecule has 1 heterocycles. The van der Waals surface area contributed by atoms with Crippen LogP contribution < -0.4 is 10.6 Å². The fraction of sp³-hybridized carbons (Fsp3) is 0.929. The van der Waals surface area contributed by atoms with Gasteiger partial charge in [-0.2, -0.15) is 0 Å². The third-order valence-corrected chi connectivity index (χ3v) is 4.06. The number of rotatable bonds is 4. The summed E-state index contributed by atoms with van der Waals surface area (Å²) in [6.07, 6.45) is 7.89. The molecule has 110 valence electrons.